The van der Waals surface area contributed by atoms with Gasteiger partial charge >= 0.3 is 5.97 Å². The molecule has 2 aromatic carbocycles. The lowest BCUT2D eigenvalue weighted by Gasteiger charge is -2.22. The molecule has 6 heteroatoms. The van der Waals surface area contributed by atoms with E-state index < -0.39 is 17.6 Å². The van der Waals surface area contributed by atoms with Crippen LogP contribution in [0.4, 0.5) is 20.2 Å². The monoisotopic (exact) mass is 292 g/mol. The highest BCUT2D eigenvalue weighted by Crippen LogP contribution is 2.26. The molecular formula is C15H14F2N2O2. The minimum Gasteiger partial charge on any atom is -0.478 e. The van der Waals surface area contributed by atoms with Crippen LogP contribution in [0.25, 0.3) is 0 Å². The van der Waals surface area contributed by atoms with Crippen molar-refractivity contribution in [3.05, 3.63) is 59.2 Å². The third kappa shape index (κ3) is 3.10. The third-order valence-electron chi connectivity index (χ3n) is 3.14. The van der Waals surface area contributed by atoms with Gasteiger partial charge in [-0.1, -0.05) is 6.07 Å². The quantitative estimate of drug-likeness (QED) is 0.850. The summed E-state index contributed by atoms with van der Waals surface area (Å²) >= 11 is 0. The van der Waals surface area contributed by atoms with E-state index in [1.165, 1.54) is 36.4 Å². The Kier molecular flexibility index (Phi) is 4.07. The van der Waals surface area contributed by atoms with Crippen LogP contribution in [0.3, 0.4) is 0 Å². The zero-order chi connectivity index (χ0) is 15.6. The first kappa shape index (κ1) is 14.8. The van der Waals surface area contributed by atoms with Gasteiger partial charge in [0.1, 0.15) is 11.6 Å². The number of nitrogens with zero attached hydrogens (tertiary/aromatic N) is 1. The number of carboxylic acids is 1. The fourth-order valence-corrected chi connectivity index (χ4v) is 2.04. The summed E-state index contributed by atoms with van der Waals surface area (Å²) in [5.74, 6) is -2.36. The third-order valence-corrected chi connectivity index (χ3v) is 3.14. The number of hydrogen-bond acceptors (Lipinski definition) is 3. The van der Waals surface area contributed by atoms with Crippen molar-refractivity contribution in [2.45, 2.75) is 6.54 Å². The topological polar surface area (TPSA) is 66.6 Å². The van der Waals surface area contributed by atoms with Crippen LogP contribution in [0.1, 0.15) is 15.9 Å². The summed E-state index contributed by atoms with van der Waals surface area (Å²) in [6.45, 7) is -0.0187. The van der Waals surface area contributed by atoms with Crippen molar-refractivity contribution in [1.29, 1.82) is 0 Å². The van der Waals surface area contributed by atoms with Gasteiger partial charge in [0, 0.05) is 19.2 Å². The van der Waals surface area contributed by atoms with Crippen LogP contribution < -0.4 is 10.6 Å². The molecule has 0 heterocycles. The van der Waals surface area contributed by atoms with Gasteiger partial charge in [-0.2, -0.15) is 0 Å². The molecule has 0 spiro atoms. The van der Waals surface area contributed by atoms with Crippen LogP contribution in [0.15, 0.2) is 36.4 Å². The van der Waals surface area contributed by atoms with Crippen LogP contribution in [0.2, 0.25) is 0 Å². The van der Waals surface area contributed by atoms with Gasteiger partial charge in [-0.3, -0.25) is 0 Å². The zero-order valence-corrected chi connectivity index (χ0v) is 11.3. The Labute approximate surface area is 120 Å². The van der Waals surface area contributed by atoms with Crippen LogP contribution >= 0.6 is 0 Å². The highest BCUT2D eigenvalue weighted by Gasteiger charge is 2.14. The molecule has 0 atom stereocenters. The molecule has 3 N–H and O–H groups in total. The summed E-state index contributed by atoms with van der Waals surface area (Å²) in [4.78, 5) is 12.4. The second kappa shape index (κ2) is 5.78. The summed E-state index contributed by atoms with van der Waals surface area (Å²) in [5.41, 5.74) is 6.52. The Bertz CT molecular complexity index is 669. The summed E-state index contributed by atoms with van der Waals surface area (Å²) in [5, 5.41) is 8.88. The predicted octanol–water partition coefficient (Wildman–Crippen LogP) is 2.88. The number of rotatable bonds is 4. The molecule has 0 fully saturated rings. The SMILES string of the molecule is CN(Cc1c(F)cccc1F)c1ccc(C(=O)O)cc1N. The van der Waals surface area contributed by atoms with Gasteiger partial charge in [-0.15, -0.1) is 0 Å². The molecule has 0 aromatic heterocycles. The normalized spacial score (nSPS) is 10.4. The summed E-state index contributed by atoms with van der Waals surface area (Å²) in [6, 6.07) is 7.88. The van der Waals surface area contributed by atoms with Crippen molar-refractivity contribution in [1.82, 2.24) is 0 Å². The molecule has 0 saturated heterocycles. The lowest BCUT2D eigenvalue weighted by molar-refractivity contribution is 0.0697. The Morgan fingerprint density at radius 1 is 1.24 bits per heavy atom. The molecule has 0 radical (unpaired) electrons. The molecule has 0 aliphatic heterocycles. The highest BCUT2D eigenvalue weighted by atomic mass is 19.1. The molecule has 0 unspecified atom stereocenters. The van der Waals surface area contributed by atoms with Gasteiger partial charge in [-0.25, -0.2) is 13.6 Å². The van der Waals surface area contributed by atoms with Crippen molar-refractivity contribution < 1.29 is 18.7 Å². The number of nitrogen functional groups attached to an aromatic ring is 1. The minimum atomic E-state index is -1.09. The van der Waals surface area contributed by atoms with Crippen LogP contribution in [-0.2, 0) is 6.54 Å². The smallest absolute Gasteiger partial charge is 0.335 e. The molecule has 4 nitrogen and oxygen atoms in total. The van der Waals surface area contributed by atoms with E-state index >= 15 is 0 Å². The van der Waals surface area contributed by atoms with Gasteiger partial charge in [0.25, 0.3) is 0 Å². The van der Waals surface area contributed by atoms with Gasteiger partial charge < -0.3 is 15.7 Å². The van der Waals surface area contributed by atoms with Crippen molar-refractivity contribution >= 4 is 17.3 Å². The van der Waals surface area contributed by atoms with Gasteiger partial charge in [0.2, 0.25) is 0 Å². The Balaban J connectivity index is 2.29. The number of carbonyl (C=O) groups is 1. The maximum Gasteiger partial charge on any atom is 0.335 e. The highest BCUT2D eigenvalue weighted by molar-refractivity contribution is 5.90. The number of carboxylic acid groups (broad SMARTS) is 1. The van der Waals surface area contributed by atoms with E-state index in [0.717, 1.165) is 0 Å². The van der Waals surface area contributed by atoms with Gasteiger partial charge in [0.05, 0.1) is 16.9 Å². The number of aromatic carboxylic acids is 1. The Morgan fingerprint density at radius 3 is 2.38 bits per heavy atom. The average molecular weight is 292 g/mol. The Hall–Kier alpha value is -2.63. The number of halogens is 2. The first-order chi connectivity index (χ1) is 9.90. The molecule has 0 saturated carbocycles. The van der Waals surface area contributed by atoms with Crippen LogP contribution in [0, 0.1) is 11.6 Å². The molecule has 0 bridgehead atoms. The standard InChI is InChI=1S/C15H14F2N2O2/c1-19(8-10-11(16)3-2-4-12(10)17)14-6-5-9(15(20)21)7-13(14)18/h2-7H,8,18H2,1H3,(H,20,21). The predicted molar refractivity (Wildman–Crippen MR) is 76.3 cm³/mol. The molecule has 0 aliphatic rings. The van der Waals surface area contributed by atoms with E-state index in [0.29, 0.717) is 5.69 Å². The number of hydrogen-bond donors (Lipinski definition) is 2. The lowest BCUT2D eigenvalue weighted by Crippen LogP contribution is -2.20. The average Bonchev–Trinajstić information content (AvgIpc) is 2.42. The number of nitrogens with two attached hydrogens (primary N) is 1. The molecule has 0 amide bonds. The molecule has 110 valence electrons. The fraction of sp³-hybridized carbons (Fsp3) is 0.133. The molecule has 0 aliphatic carbocycles. The first-order valence-corrected chi connectivity index (χ1v) is 6.17. The van der Waals surface area contributed by atoms with E-state index in [1.807, 2.05) is 0 Å². The fourth-order valence-electron chi connectivity index (χ4n) is 2.04. The van der Waals surface area contributed by atoms with E-state index in [-0.39, 0.29) is 23.4 Å². The van der Waals surface area contributed by atoms with Crippen LogP contribution in [-0.4, -0.2) is 18.1 Å². The van der Waals surface area contributed by atoms with Crippen LogP contribution in [0.5, 0.6) is 0 Å². The Morgan fingerprint density at radius 2 is 1.86 bits per heavy atom. The maximum atomic E-state index is 13.6. The van der Waals surface area contributed by atoms with Crippen molar-refractivity contribution in [2.75, 3.05) is 17.7 Å². The van der Waals surface area contributed by atoms with Crippen molar-refractivity contribution in [2.24, 2.45) is 0 Å². The van der Waals surface area contributed by atoms with E-state index in [1.54, 1.807) is 11.9 Å². The van der Waals surface area contributed by atoms with Gasteiger partial charge in [-0.05, 0) is 30.3 Å². The van der Waals surface area contributed by atoms with E-state index in [4.69, 9.17) is 10.8 Å². The second-order valence-corrected chi connectivity index (χ2v) is 4.64. The molecule has 2 rings (SSSR count). The van der Waals surface area contributed by atoms with Crippen molar-refractivity contribution in [3.63, 3.8) is 0 Å². The summed E-state index contributed by atoms with van der Waals surface area (Å²) in [7, 11) is 1.62. The first-order valence-electron chi connectivity index (χ1n) is 6.17. The number of anilines is 2. The summed E-state index contributed by atoms with van der Waals surface area (Å²) in [6.07, 6.45) is 0. The maximum absolute atomic E-state index is 13.6. The van der Waals surface area contributed by atoms with Gasteiger partial charge in [0.15, 0.2) is 0 Å². The molecular weight excluding hydrogens is 278 g/mol. The largest absolute Gasteiger partial charge is 0.478 e. The molecule has 2 aromatic rings. The summed E-state index contributed by atoms with van der Waals surface area (Å²) < 4.78 is 27.2. The van der Waals surface area contributed by atoms with E-state index in [2.05, 4.69) is 0 Å². The lowest BCUT2D eigenvalue weighted by atomic mass is 10.1. The van der Waals surface area contributed by atoms with E-state index in [9.17, 15) is 13.6 Å². The molecule has 21 heavy (non-hydrogen) atoms. The number of benzene rings is 2. The second-order valence-electron chi connectivity index (χ2n) is 4.64. The minimum absolute atomic E-state index is 0.0187. The zero-order valence-electron chi connectivity index (χ0n) is 11.3. The van der Waals surface area contributed by atoms with Crippen molar-refractivity contribution in [3.8, 4) is 0 Å².